The minimum absolute atomic E-state index is 0.0167. The van der Waals surface area contributed by atoms with Gasteiger partial charge in [0, 0.05) is 5.56 Å². The molecular formula is C22H20O3. The fourth-order valence-corrected chi connectivity index (χ4v) is 2.58. The van der Waals surface area contributed by atoms with Gasteiger partial charge >= 0.3 is 0 Å². The molecule has 0 aromatic heterocycles. The van der Waals surface area contributed by atoms with Crippen molar-refractivity contribution in [3.63, 3.8) is 0 Å². The second-order valence-electron chi connectivity index (χ2n) is 5.92. The van der Waals surface area contributed by atoms with Gasteiger partial charge in [0.15, 0.2) is 12.4 Å². The lowest BCUT2D eigenvalue weighted by Gasteiger charge is -2.09. The predicted molar refractivity (Wildman–Crippen MR) is 98.7 cm³/mol. The molecule has 0 aliphatic carbocycles. The number of aryl methyl sites for hydroxylation is 2. The van der Waals surface area contributed by atoms with E-state index in [2.05, 4.69) is 0 Å². The standard InChI is InChI=1S/C22H20O3/c1-16-8-13-21(17(2)14-16)22(23)15-24-18-9-11-20(12-10-18)25-19-6-4-3-5-7-19/h3-14H,15H2,1-2H3. The van der Waals surface area contributed by atoms with Gasteiger partial charge in [0.25, 0.3) is 0 Å². The highest BCUT2D eigenvalue weighted by Crippen LogP contribution is 2.23. The van der Waals surface area contributed by atoms with Crippen LogP contribution in [0, 0.1) is 13.8 Å². The van der Waals surface area contributed by atoms with Crippen LogP contribution in [-0.2, 0) is 0 Å². The molecule has 0 aliphatic heterocycles. The van der Waals surface area contributed by atoms with E-state index >= 15 is 0 Å². The maximum absolute atomic E-state index is 12.3. The van der Waals surface area contributed by atoms with E-state index in [0.29, 0.717) is 11.3 Å². The molecule has 25 heavy (non-hydrogen) atoms. The van der Waals surface area contributed by atoms with Crippen LogP contribution in [0.1, 0.15) is 21.5 Å². The lowest BCUT2D eigenvalue weighted by molar-refractivity contribution is 0.0921. The van der Waals surface area contributed by atoms with E-state index < -0.39 is 0 Å². The second-order valence-corrected chi connectivity index (χ2v) is 5.92. The lowest BCUT2D eigenvalue weighted by Crippen LogP contribution is -2.13. The smallest absolute Gasteiger partial charge is 0.200 e. The normalized spacial score (nSPS) is 10.3. The van der Waals surface area contributed by atoms with Crippen molar-refractivity contribution in [2.75, 3.05) is 6.61 Å². The van der Waals surface area contributed by atoms with Gasteiger partial charge in [-0.05, 0) is 55.8 Å². The van der Waals surface area contributed by atoms with Gasteiger partial charge in [-0.2, -0.15) is 0 Å². The van der Waals surface area contributed by atoms with E-state index in [1.807, 2.05) is 74.5 Å². The molecule has 0 atom stereocenters. The number of carbonyl (C=O) groups is 1. The number of ketones is 1. The fraction of sp³-hybridized carbons (Fsp3) is 0.136. The second kappa shape index (κ2) is 7.67. The van der Waals surface area contributed by atoms with Crippen molar-refractivity contribution in [3.05, 3.63) is 89.5 Å². The molecule has 0 amide bonds. The molecule has 0 saturated heterocycles. The summed E-state index contributed by atoms with van der Waals surface area (Å²) in [4.78, 5) is 12.3. The van der Waals surface area contributed by atoms with Crippen molar-refractivity contribution in [3.8, 4) is 17.2 Å². The third-order valence-electron chi connectivity index (χ3n) is 3.85. The first-order chi connectivity index (χ1) is 12.1. The first kappa shape index (κ1) is 16.8. The number of para-hydroxylation sites is 1. The van der Waals surface area contributed by atoms with Gasteiger partial charge in [-0.15, -0.1) is 0 Å². The Morgan fingerprint density at radius 1 is 0.800 bits per heavy atom. The Kier molecular flexibility index (Phi) is 5.14. The summed E-state index contributed by atoms with van der Waals surface area (Å²) in [6, 6.07) is 22.6. The zero-order valence-corrected chi connectivity index (χ0v) is 14.4. The summed E-state index contributed by atoms with van der Waals surface area (Å²) < 4.78 is 11.3. The van der Waals surface area contributed by atoms with Gasteiger partial charge in [0.1, 0.15) is 17.2 Å². The van der Waals surface area contributed by atoms with Crippen LogP contribution in [0.25, 0.3) is 0 Å². The fourth-order valence-electron chi connectivity index (χ4n) is 2.58. The van der Waals surface area contributed by atoms with Crippen LogP contribution >= 0.6 is 0 Å². The van der Waals surface area contributed by atoms with Crippen molar-refractivity contribution in [2.24, 2.45) is 0 Å². The Bertz CT molecular complexity index is 852. The van der Waals surface area contributed by atoms with Crippen LogP contribution in [0.5, 0.6) is 17.2 Å². The lowest BCUT2D eigenvalue weighted by atomic mass is 10.0. The Morgan fingerprint density at radius 3 is 2.12 bits per heavy atom. The zero-order valence-electron chi connectivity index (χ0n) is 14.4. The summed E-state index contributed by atoms with van der Waals surface area (Å²) >= 11 is 0. The zero-order chi connectivity index (χ0) is 17.6. The number of Topliss-reactive ketones (excluding diaryl/α,β-unsaturated/α-hetero) is 1. The largest absolute Gasteiger partial charge is 0.485 e. The van der Waals surface area contributed by atoms with E-state index in [1.165, 1.54) is 0 Å². The number of hydrogen-bond donors (Lipinski definition) is 0. The highest BCUT2D eigenvalue weighted by molar-refractivity contribution is 5.98. The number of carbonyl (C=O) groups excluding carboxylic acids is 1. The highest BCUT2D eigenvalue weighted by atomic mass is 16.5. The van der Waals surface area contributed by atoms with Gasteiger partial charge in [-0.1, -0.05) is 42.0 Å². The molecule has 0 spiro atoms. The predicted octanol–water partition coefficient (Wildman–Crippen LogP) is 5.36. The molecule has 3 nitrogen and oxygen atoms in total. The van der Waals surface area contributed by atoms with Crippen LogP contribution in [0.3, 0.4) is 0 Å². The average molecular weight is 332 g/mol. The number of rotatable bonds is 6. The van der Waals surface area contributed by atoms with Gasteiger partial charge in [-0.3, -0.25) is 4.79 Å². The molecule has 3 rings (SSSR count). The third-order valence-corrected chi connectivity index (χ3v) is 3.85. The minimum Gasteiger partial charge on any atom is -0.485 e. The summed E-state index contributed by atoms with van der Waals surface area (Å²) in [5, 5.41) is 0. The van der Waals surface area contributed by atoms with E-state index in [4.69, 9.17) is 9.47 Å². The molecule has 0 unspecified atom stereocenters. The molecule has 3 aromatic rings. The quantitative estimate of drug-likeness (QED) is 0.570. The molecule has 3 heteroatoms. The molecular weight excluding hydrogens is 312 g/mol. The molecule has 0 aliphatic rings. The maximum atomic E-state index is 12.3. The number of ether oxygens (including phenoxy) is 2. The molecule has 0 bridgehead atoms. The Labute approximate surface area is 147 Å². The van der Waals surface area contributed by atoms with E-state index in [9.17, 15) is 4.79 Å². The van der Waals surface area contributed by atoms with Gasteiger partial charge in [0.2, 0.25) is 0 Å². The number of benzene rings is 3. The van der Waals surface area contributed by atoms with Crippen molar-refractivity contribution in [2.45, 2.75) is 13.8 Å². The summed E-state index contributed by atoms with van der Waals surface area (Å²) in [5.74, 6) is 2.11. The maximum Gasteiger partial charge on any atom is 0.200 e. The van der Waals surface area contributed by atoms with Crippen LogP contribution in [-0.4, -0.2) is 12.4 Å². The van der Waals surface area contributed by atoms with Gasteiger partial charge < -0.3 is 9.47 Å². The van der Waals surface area contributed by atoms with Crippen LogP contribution < -0.4 is 9.47 Å². The van der Waals surface area contributed by atoms with Gasteiger partial charge in [0.05, 0.1) is 0 Å². The topological polar surface area (TPSA) is 35.5 Å². The molecule has 0 heterocycles. The highest BCUT2D eigenvalue weighted by Gasteiger charge is 2.10. The molecule has 0 N–H and O–H groups in total. The van der Waals surface area contributed by atoms with Crippen molar-refractivity contribution < 1.29 is 14.3 Å². The molecule has 126 valence electrons. The molecule has 0 saturated carbocycles. The van der Waals surface area contributed by atoms with Gasteiger partial charge in [-0.25, -0.2) is 0 Å². The van der Waals surface area contributed by atoms with Crippen molar-refractivity contribution in [1.29, 1.82) is 0 Å². The minimum atomic E-state index is -0.0258. The van der Waals surface area contributed by atoms with Crippen LogP contribution in [0.15, 0.2) is 72.8 Å². The Hall–Kier alpha value is -3.07. The summed E-state index contributed by atoms with van der Waals surface area (Å²) in [6.45, 7) is 3.97. The third kappa shape index (κ3) is 4.48. The Balaban J connectivity index is 1.59. The SMILES string of the molecule is Cc1ccc(C(=O)COc2ccc(Oc3ccccc3)cc2)c(C)c1. The number of hydrogen-bond acceptors (Lipinski definition) is 3. The van der Waals surface area contributed by atoms with E-state index in [-0.39, 0.29) is 12.4 Å². The van der Waals surface area contributed by atoms with Crippen LogP contribution in [0.4, 0.5) is 0 Å². The molecule has 0 radical (unpaired) electrons. The van der Waals surface area contributed by atoms with E-state index in [1.54, 1.807) is 12.1 Å². The first-order valence-corrected chi connectivity index (χ1v) is 8.18. The monoisotopic (exact) mass is 332 g/mol. The summed E-state index contributed by atoms with van der Waals surface area (Å²) in [5.41, 5.74) is 2.82. The van der Waals surface area contributed by atoms with Crippen molar-refractivity contribution in [1.82, 2.24) is 0 Å². The summed E-state index contributed by atoms with van der Waals surface area (Å²) in [7, 11) is 0. The average Bonchev–Trinajstić information content (AvgIpc) is 2.62. The summed E-state index contributed by atoms with van der Waals surface area (Å²) in [6.07, 6.45) is 0. The van der Waals surface area contributed by atoms with Crippen molar-refractivity contribution >= 4 is 5.78 Å². The van der Waals surface area contributed by atoms with Crippen LogP contribution in [0.2, 0.25) is 0 Å². The molecule has 3 aromatic carbocycles. The first-order valence-electron chi connectivity index (χ1n) is 8.18. The Morgan fingerprint density at radius 2 is 1.44 bits per heavy atom. The molecule has 0 fully saturated rings. The van der Waals surface area contributed by atoms with E-state index in [0.717, 1.165) is 22.6 Å².